The van der Waals surface area contributed by atoms with Gasteiger partial charge in [0.05, 0.1) is 31.0 Å². The van der Waals surface area contributed by atoms with Crippen molar-refractivity contribution in [1.29, 1.82) is 5.26 Å². The van der Waals surface area contributed by atoms with Gasteiger partial charge < -0.3 is 0 Å². The molecular weight excluding hydrogens is 101 g/mol. The molecule has 0 aromatic carbocycles. The van der Waals surface area contributed by atoms with Gasteiger partial charge in [-0.3, -0.25) is 4.29 Å². The quantitative estimate of drug-likeness (QED) is 0.492. The van der Waals surface area contributed by atoms with Gasteiger partial charge in [-0.2, -0.15) is 5.26 Å². The van der Waals surface area contributed by atoms with Crippen molar-refractivity contribution < 1.29 is 4.29 Å². The van der Waals surface area contributed by atoms with Gasteiger partial charge in [-0.1, -0.05) is 0 Å². The van der Waals surface area contributed by atoms with Crippen LogP contribution in [0.5, 0.6) is 0 Å². The first-order chi connectivity index (χ1) is 2.91. The monoisotopic (exact) mass is 105 g/mol. The summed E-state index contributed by atoms with van der Waals surface area (Å²) in [5, 5.41) is 7.81. The lowest BCUT2D eigenvalue weighted by Gasteiger charge is -1.78. The zero-order chi connectivity index (χ0) is 4.83. The van der Waals surface area contributed by atoms with Crippen LogP contribution in [0.15, 0.2) is 0 Å². The van der Waals surface area contributed by atoms with Crippen LogP contribution in [-0.4, -0.2) is 6.61 Å². The van der Waals surface area contributed by atoms with Crippen LogP contribution in [0.25, 0.3) is 0 Å². The number of nitriles is 1. The smallest absolute Gasteiger partial charge is 0.0812 e. The molecule has 0 aliphatic heterocycles. The van der Waals surface area contributed by atoms with E-state index in [0.29, 0.717) is 13.0 Å². The number of hydrogen-bond donors (Lipinski definition) is 0. The van der Waals surface area contributed by atoms with Crippen LogP contribution in [0, 0.1) is 11.3 Å². The maximum atomic E-state index is 7.81. The molecule has 0 unspecified atom stereocenters. The van der Waals surface area contributed by atoms with Crippen LogP contribution in [0.4, 0.5) is 0 Å². The number of rotatable bonds is 2. The van der Waals surface area contributed by atoms with E-state index in [1.165, 1.54) is 0 Å². The van der Waals surface area contributed by atoms with Crippen molar-refractivity contribution in [1.82, 2.24) is 0 Å². The largest absolute Gasteiger partial charge is 0.278 e. The Labute approximate surface area is 41.5 Å². The molecule has 34 valence electrons. The summed E-state index contributed by atoms with van der Waals surface area (Å²) >= 11 is 4.73. The van der Waals surface area contributed by atoms with Gasteiger partial charge in [0.25, 0.3) is 0 Å². The Morgan fingerprint density at radius 1 is 1.83 bits per heavy atom. The molecule has 0 fully saturated rings. The van der Waals surface area contributed by atoms with Gasteiger partial charge >= 0.3 is 0 Å². The third-order valence-corrected chi connectivity index (χ3v) is 0.445. The van der Waals surface area contributed by atoms with Crippen molar-refractivity contribution in [3.05, 3.63) is 0 Å². The second kappa shape index (κ2) is 4.74. The zero-order valence-corrected chi connectivity index (χ0v) is 3.90. The van der Waals surface area contributed by atoms with Crippen LogP contribution >= 0.6 is 11.9 Å². The average Bonchev–Trinajstić information content (AvgIpc) is 1.61. The Morgan fingerprint density at radius 3 is 2.67 bits per heavy atom. The topological polar surface area (TPSA) is 33.0 Å². The summed E-state index contributed by atoms with van der Waals surface area (Å²) in [7, 11) is 0. The fraction of sp³-hybridized carbons (Fsp3) is 0.667. The molecule has 0 radical (unpaired) electrons. The van der Waals surface area contributed by atoms with Gasteiger partial charge in [0.15, 0.2) is 0 Å². The normalized spacial score (nSPS) is 7.33. The van der Waals surface area contributed by atoms with Crippen molar-refractivity contribution in [2.24, 2.45) is 0 Å². The molecule has 0 rings (SSSR count). The summed E-state index contributed by atoms with van der Waals surface area (Å²) < 4.78 is 4.03. The molecule has 0 aliphatic carbocycles. The molecule has 6 heavy (non-hydrogen) atoms. The number of nitrogens with zero attached hydrogens (tertiary/aromatic N) is 1. The van der Waals surface area contributed by atoms with Gasteiger partial charge in [0.2, 0.25) is 0 Å². The molecule has 0 heterocycles. The van der Waals surface area contributed by atoms with Crippen LogP contribution in [0.2, 0.25) is 0 Å². The van der Waals surface area contributed by atoms with E-state index in [1.54, 1.807) is 0 Å². The van der Waals surface area contributed by atoms with Crippen LogP contribution in [0.1, 0.15) is 6.42 Å². The van der Waals surface area contributed by atoms with E-state index in [2.05, 4.69) is 4.29 Å². The third-order valence-electron chi connectivity index (χ3n) is 0.291. The lowest BCUT2D eigenvalue weighted by molar-refractivity contribution is 0.362. The summed E-state index contributed by atoms with van der Waals surface area (Å²) in [6, 6.07) is 1.86. The van der Waals surface area contributed by atoms with Gasteiger partial charge in [0, 0.05) is 0 Å². The maximum absolute atomic E-state index is 7.81. The molecule has 2 nitrogen and oxygen atoms in total. The molecule has 0 spiro atoms. The molecule has 3 heteroatoms. The van der Waals surface area contributed by atoms with Crippen molar-refractivity contribution in [3.63, 3.8) is 0 Å². The SMILES string of the molecule is N#CCCOCl. The van der Waals surface area contributed by atoms with E-state index in [4.69, 9.17) is 17.1 Å². The minimum Gasteiger partial charge on any atom is -0.278 e. The molecule has 0 saturated heterocycles. The molecule has 0 N–H and O–H groups in total. The van der Waals surface area contributed by atoms with Crippen LogP contribution in [0.3, 0.4) is 0 Å². The van der Waals surface area contributed by atoms with Gasteiger partial charge in [-0.25, -0.2) is 0 Å². The molecular formula is C3H4ClNO. The Hall–Kier alpha value is -0.260. The Kier molecular flexibility index (Phi) is 4.53. The first-order valence-electron chi connectivity index (χ1n) is 1.52. The highest BCUT2D eigenvalue weighted by molar-refractivity contribution is 6.07. The summed E-state index contributed by atoms with van der Waals surface area (Å²) in [6.45, 7) is 0.318. The fourth-order valence-corrected chi connectivity index (χ4v) is 0.161. The van der Waals surface area contributed by atoms with Crippen molar-refractivity contribution in [2.75, 3.05) is 6.61 Å². The predicted molar refractivity (Wildman–Crippen MR) is 22.0 cm³/mol. The average molecular weight is 106 g/mol. The van der Waals surface area contributed by atoms with E-state index < -0.39 is 0 Å². The van der Waals surface area contributed by atoms with Gasteiger partial charge in [0.1, 0.15) is 0 Å². The van der Waals surface area contributed by atoms with E-state index >= 15 is 0 Å². The molecule has 0 bridgehead atoms. The van der Waals surface area contributed by atoms with Crippen LogP contribution in [-0.2, 0) is 4.29 Å². The highest BCUT2D eigenvalue weighted by Crippen LogP contribution is 1.80. The number of hydrogen-bond acceptors (Lipinski definition) is 2. The van der Waals surface area contributed by atoms with E-state index in [-0.39, 0.29) is 0 Å². The molecule has 0 saturated carbocycles. The summed E-state index contributed by atoms with van der Waals surface area (Å²) in [5.41, 5.74) is 0. The molecule has 0 aliphatic rings. The Bertz CT molecular complexity index is 58.3. The van der Waals surface area contributed by atoms with Crippen molar-refractivity contribution in [3.8, 4) is 6.07 Å². The van der Waals surface area contributed by atoms with Crippen molar-refractivity contribution >= 4 is 11.9 Å². The molecule has 0 atom stereocenters. The Morgan fingerprint density at radius 2 is 2.50 bits per heavy atom. The first-order valence-corrected chi connectivity index (χ1v) is 1.83. The first kappa shape index (κ1) is 5.74. The zero-order valence-electron chi connectivity index (χ0n) is 3.15. The van der Waals surface area contributed by atoms with Gasteiger partial charge in [-0.05, 0) is 0 Å². The van der Waals surface area contributed by atoms with Crippen molar-refractivity contribution in [2.45, 2.75) is 6.42 Å². The standard InChI is InChI=1S/C3H4ClNO/c4-6-3-1-2-5/h1,3H2. The number of halogens is 1. The lowest BCUT2D eigenvalue weighted by Crippen LogP contribution is -1.76. The minimum atomic E-state index is 0.318. The van der Waals surface area contributed by atoms with E-state index in [1.807, 2.05) is 6.07 Å². The minimum absolute atomic E-state index is 0.318. The second-order valence-corrected chi connectivity index (χ2v) is 0.940. The molecule has 0 aromatic heterocycles. The fourth-order valence-electron chi connectivity index (χ4n) is 0.0842. The maximum Gasteiger partial charge on any atom is 0.0812 e. The Balaban J connectivity index is 2.54. The second-order valence-electron chi connectivity index (χ2n) is 0.721. The summed E-state index contributed by atoms with van der Waals surface area (Å²) in [4.78, 5) is 0. The van der Waals surface area contributed by atoms with Crippen LogP contribution < -0.4 is 0 Å². The lowest BCUT2D eigenvalue weighted by atomic mass is 10.5. The van der Waals surface area contributed by atoms with E-state index in [9.17, 15) is 0 Å². The molecule has 0 amide bonds. The van der Waals surface area contributed by atoms with E-state index in [0.717, 1.165) is 0 Å². The highest BCUT2D eigenvalue weighted by atomic mass is 35.5. The third kappa shape index (κ3) is 3.74. The summed E-state index contributed by atoms with van der Waals surface area (Å²) in [5.74, 6) is 0. The summed E-state index contributed by atoms with van der Waals surface area (Å²) in [6.07, 6.45) is 0.365. The predicted octanol–water partition coefficient (Wildman–Crippen LogP) is 1.07. The highest BCUT2D eigenvalue weighted by Gasteiger charge is 1.75. The molecule has 0 aromatic rings. The van der Waals surface area contributed by atoms with Gasteiger partial charge in [-0.15, -0.1) is 0 Å².